The number of anilines is 1. The van der Waals surface area contributed by atoms with E-state index >= 15 is 0 Å². The minimum atomic E-state index is -0.488. The van der Waals surface area contributed by atoms with Gasteiger partial charge in [-0.1, -0.05) is 15.9 Å². The van der Waals surface area contributed by atoms with Crippen molar-refractivity contribution >= 4 is 60.9 Å². The average Bonchev–Trinajstić information content (AvgIpc) is 2.49. The smallest absolute Gasteiger partial charge is 0.283 e. The molecule has 0 saturated carbocycles. The molecule has 0 saturated heterocycles. The molecule has 0 aliphatic rings. The molecule has 0 fully saturated rings. The van der Waals surface area contributed by atoms with Crippen molar-refractivity contribution in [1.29, 1.82) is 0 Å². The van der Waals surface area contributed by atoms with E-state index in [0.29, 0.717) is 15.1 Å². The largest absolute Gasteiger partial charge is 0.321 e. The van der Waals surface area contributed by atoms with Crippen molar-refractivity contribution in [2.75, 3.05) is 11.6 Å². The fourth-order valence-electron chi connectivity index (χ4n) is 1.76. The SMILES string of the molecule is CSc1ccc(C(=O)Nc2ccc(Br)cc2Br)cc1[N+](=O)[O-]. The first-order chi connectivity index (χ1) is 10.4. The number of halogens is 2. The number of hydrogen-bond acceptors (Lipinski definition) is 4. The summed E-state index contributed by atoms with van der Waals surface area (Å²) in [6.45, 7) is 0. The van der Waals surface area contributed by atoms with Gasteiger partial charge in [0.15, 0.2) is 0 Å². The van der Waals surface area contributed by atoms with Gasteiger partial charge in [-0.25, -0.2) is 0 Å². The van der Waals surface area contributed by atoms with Gasteiger partial charge >= 0.3 is 0 Å². The molecule has 0 heterocycles. The zero-order valence-electron chi connectivity index (χ0n) is 11.3. The van der Waals surface area contributed by atoms with Crippen molar-refractivity contribution in [2.45, 2.75) is 4.90 Å². The van der Waals surface area contributed by atoms with E-state index in [9.17, 15) is 14.9 Å². The zero-order chi connectivity index (χ0) is 16.3. The Labute approximate surface area is 147 Å². The summed E-state index contributed by atoms with van der Waals surface area (Å²) in [7, 11) is 0. The molecular weight excluding hydrogens is 436 g/mol. The minimum Gasteiger partial charge on any atom is -0.321 e. The first-order valence-electron chi connectivity index (χ1n) is 6.01. The summed E-state index contributed by atoms with van der Waals surface area (Å²) in [5.41, 5.74) is 0.749. The third-order valence-corrected chi connectivity index (χ3v) is 4.75. The molecule has 2 rings (SSSR count). The Bertz CT molecular complexity index is 753. The maximum absolute atomic E-state index is 12.3. The van der Waals surface area contributed by atoms with Crippen LogP contribution in [-0.2, 0) is 0 Å². The zero-order valence-corrected chi connectivity index (χ0v) is 15.3. The highest BCUT2D eigenvalue weighted by Gasteiger charge is 2.17. The van der Waals surface area contributed by atoms with Crippen molar-refractivity contribution < 1.29 is 9.72 Å². The molecule has 0 spiro atoms. The Morgan fingerprint density at radius 3 is 2.55 bits per heavy atom. The van der Waals surface area contributed by atoms with E-state index in [1.54, 1.807) is 36.6 Å². The summed E-state index contributed by atoms with van der Waals surface area (Å²) in [5, 5.41) is 13.8. The van der Waals surface area contributed by atoms with Crippen LogP contribution < -0.4 is 5.32 Å². The molecule has 22 heavy (non-hydrogen) atoms. The van der Waals surface area contributed by atoms with Gasteiger partial charge < -0.3 is 5.32 Å². The number of thioether (sulfide) groups is 1. The van der Waals surface area contributed by atoms with Crippen LogP contribution in [0.15, 0.2) is 50.2 Å². The van der Waals surface area contributed by atoms with E-state index < -0.39 is 10.8 Å². The number of carbonyl (C=O) groups is 1. The summed E-state index contributed by atoms with van der Waals surface area (Å²) in [6.07, 6.45) is 1.75. The van der Waals surface area contributed by atoms with Crippen molar-refractivity contribution in [3.63, 3.8) is 0 Å². The lowest BCUT2D eigenvalue weighted by Gasteiger charge is -2.08. The molecule has 8 heteroatoms. The molecule has 2 aromatic carbocycles. The van der Waals surface area contributed by atoms with Crippen LogP contribution in [0.1, 0.15) is 10.4 Å². The van der Waals surface area contributed by atoms with Crippen LogP contribution in [0.25, 0.3) is 0 Å². The Morgan fingerprint density at radius 1 is 1.23 bits per heavy atom. The third kappa shape index (κ3) is 3.88. The number of benzene rings is 2. The number of nitro benzene ring substituents is 1. The Kier molecular flexibility index (Phi) is 5.60. The van der Waals surface area contributed by atoms with Crippen LogP contribution in [0.3, 0.4) is 0 Å². The second-order valence-corrected chi connectivity index (χ2v) is 6.84. The maximum Gasteiger partial charge on any atom is 0.283 e. The van der Waals surface area contributed by atoms with E-state index in [2.05, 4.69) is 37.2 Å². The van der Waals surface area contributed by atoms with Crippen molar-refractivity contribution in [2.24, 2.45) is 0 Å². The van der Waals surface area contributed by atoms with Gasteiger partial charge in [-0.3, -0.25) is 14.9 Å². The summed E-state index contributed by atoms with van der Waals surface area (Å²) in [4.78, 5) is 23.3. The van der Waals surface area contributed by atoms with Gasteiger partial charge in [-0.2, -0.15) is 0 Å². The second-order valence-electron chi connectivity index (χ2n) is 4.22. The van der Waals surface area contributed by atoms with Gasteiger partial charge in [-0.05, 0) is 52.5 Å². The van der Waals surface area contributed by atoms with Crippen LogP contribution in [0, 0.1) is 10.1 Å². The topological polar surface area (TPSA) is 72.2 Å². The number of carbonyl (C=O) groups excluding carboxylic acids is 1. The molecule has 114 valence electrons. The summed E-state index contributed by atoms with van der Waals surface area (Å²) >= 11 is 7.95. The molecule has 1 N–H and O–H groups in total. The van der Waals surface area contributed by atoms with Crippen molar-refractivity contribution in [1.82, 2.24) is 0 Å². The molecule has 0 aliphatic carbocycles. The van der Waals surface area contributed by atoms with Crippen molar-refractivity contribution in [3.05, 3.63) is 61.0 Å². The van der Waals surface area contributed by atoms with Gasteiger partial charge in [0.1, 0.15) is 0 Å². The average molecular weight is 446 g/mol. The summed E-state index contributed by atoms with van der Waals surface area (Å²) < 4.78 is 1.59. The Balaban J connectivity index is 2.30. The first-order valence-corrected chi connectivity index (χ1v) is 8.82. The minimum absolute atomic E-state index is 0.0741. The van der Waals surface area contributed by atoms with E-state index in [1.807, 2.05) is 0 Å². The number of nitrogens with zero attached hydrogens (tertiary/aromatic N) is 1. The molecule has 0 aliphatic heterocycles. The predicted octanol–water partition coefficient (Wildman–Crippen LogP) is 5.09. The standard InChI is InChI=1S/C14H10Br2N2O3S/c1-22-13-5-2-8(6-12(13)18(20)21)14(19)17-11-4-3-9(15)7-10(11)16/h2-7H,1H3,(H,17,19). The third-order valence-electron chi connectivity index (χ3n) is 2.82. The molecule has 2 aromatic rings. The quantitative estimate of drug-likeness (QED) is 0.404. The number of nitrogens with one attached hydrogen (secondary N) is 1. The number of hydrogen-bond donors (Lipinski definition) is 1. The molecule has 0 aromatic heterocycles. The molecular formula is C14H10Br2N2O3S. The molecule has 0 bridgehead atoms. The van der Waals surface area contributed by atoms with Gasteiger partial charge in [0, 0.05) is 20.6 Å². The Hall–Kier alpha value is -1.38. The highest BCUT2D eigenvalue weighted by molar-refractivity contribution is 9.11. The van der Waals surface area contributed by atoms with E-state index in [1.165, 1.54) is 17.8 Å². The normalized spacial score (nSPS) is 10.3. The highest BCUT2D eigenvalue weighted by Crippen LogP contribution is 2.30. The molecule has 0 unspecified atom stereocenters. The van der Waals surface area contributed by atoms with Crippen LogP contribution in [0.5, 0.6) is 0 Å². The monoisotopic (exact) mass is 444 g/mol. The van der Waals surface area contributed by atoms with Gasteiger partial charge in [0.05, 0.1) is 15.5 Å². The highest BCUT2D eigenvalue weighted by atomic mass is 79.9. The van der Waals surface area contributed by atoms with Gasteiger partial charge in [0.25, 0.3) is 11.6 Å². The van der Waals surface area contributed by atoms with Crippen LogP contribution in [0.2, 0.25) is 0 Å². The predicted molar refractivity (Wildman–Crippen MR) is 94.7 cm³/mol. The Morgan fingerprint density at radius 2 is 1.95 bits per heavy atom. The molecule has 0 radical (unpaired) electrons. The lowest BCUT2D eigenvalue weighted by atomic mass is 10.2. The fourth-order valence-corrected chi connectivity index (χ4v) is 3.45. The van der Waals surface area contributed by atoms with E-state index in [-0.39, 0.29) is 11.3 Å². The van der Waals surface area contributed by atoms with E-state index in [4.69, 9.17) is 0 Å². The molecule has 5 nitrogen and oxygen atoms in total. The number of nitro groups is 1. The lowest BCUT2D eigenvalue weighted by molar-refractivity contribution is -0.387. The maximum atomic E-state index is 12.3. The van der Waals surface area contributed by atoms with Crippen LogP contribution in [-0.4, -0.2) is 17.1 Å². The second kappa shape index (κ2) is 7.26. The number of amides is 1. The lowest BCUT2D eigenvalue weighted by Crippen LogP contribution is -2.12. The molecule has 0 atom stereocenters. The first kappa shape index (κ1) is 17.0. The summed E-state index contributed by atoms with van der Waals surface area (Å²) in [6, 6.07) is 9.76. The number of rotatable bonds is 4. The van der Waals surface area contributed by atoms with E-state index in [0.717, 1.165) is 4.47 Å². The fraction of sp³-hybridized carbons (Fsp3) is 0.0714. The van der Waals surface area contributed by atoms with Gasteiger partial charge in [0.2, 0.25) is 0 Å². The van der Waals surface area contributed by atoms with Crippen LogP contribution in [0.4, 0.5) is 11.4 Å². The molecule has 1 amide bonds. The summed E-state index contributed by atoms with van der Waals surface area (Å²) in [5.74, 6) is -0.404. The van der Waals surface area contributed by atoms with Crippen LogP contribution >= 0.6 is 43.6 Å². The van der Waals surface area contributed by atoms with Crippen molar-refractivity contribution in [3.8, 4) is 0 Å². The van der Waals surface area contributed by atoms with Gasteiger partial charge in [-0.15, -0.1) is 11.8 Å².